The van der Waals surface area contributed by atoms with E-state index in [2.05, 4.69) is 15.9 Å². The zero-order chi connectivity index (χ0) is 11.7. The Morgan fingerprint density at radius 1 is 1.38 bits per heavy atom. The van der Waals surface area contributed by atoms with E-state index < -0.39 is 6.10 Å². The molecule has 1 aromatic carbocycles. The van der Waals surface area contributed by atoms with E-state index in [1.807, 2.05) is 19.1 Å². The second-order valence-electron chi connectivity index (χ2n) is 3.60. The lowest BCUT2D eigenvalue weighted by molar-refractivity contribution is 0.188. The molecule has 2 nitrogen and oxygen atoms in total. The number of aliphatic hydroxyl groups excluding tert-OH is 1. The molecule has 2 rings (SSSR count). The molecule has 0 aliphatic heterocycles. The highest BCUT2D eigenvalue weighted by Gasteiger charge is 2.17. The molecule has 0 aliphatic rings. The van der Waals surface area contributed by atoms with Gasteiger partial charge in [-0.05, 0) is 52.2 Å². The Kier molecular flexibility index (Phi) is 3.38. The molecule has 1 atom stereocenters. The number of benzene rings is 1. The first-order valence-electron chi connectivity index (χ1n) is 4.76. The Morgan fingerprint density at radius 2 is 2.12 bits per heavy atom. The van der Waals surface area contributed by atoms with Crippen molar-refractivity contribution in [3.63, 3.8) is 0 Å². The summed E-state index contributed by atoms with van der Waals surface area (Å²) in [6.45, 7) is 1.93. The van der Waals surface area contributed by atoms with Gasteiger partial charge in [-0.3, -0.25) is 0 Å². The van der Waals surface area contributed by atoms with Gasteiger partial charge in [0.15, 0.2) is 5.76 Å². The van der Waals surface area contributed by atoms with Crippen LogP contribution in [-0.4, -0.2) is 5.11 Å². The lowest BCUT2D eigenvalue weighted by Crippen LogP contribution is -1.99. The normalized spacial score (nSPS) is 12.8. The van der Waals surface area contributed by atoms with E-state index in [1.165, 1.54) is 6.26 Å². The fraction of sp³-hybridized carbons (Fsp3) is 0.167. The molecule has 0 aliphatic carbocycles. The van der Waals surface area contributed by atoms with Crippen molar-refractivity contribution >= 4 is 27.5 Å². The van der Waals surface area contributed by atoms with Crippen LogP contribution in [0.4, 0.5) is 0 Å². The van der Waals surface area contributed by atoms with Crippen molar-refractivity contribution in [1.82, 2.24) is 0 Å². The molecule has 1 N–H and O–H groups in total. The highest BCUT2D eigenvalue weighted by atomic mass is 79.9. The summed E-state index contributed by atoms with van der Waals surface area (Å²) in [6, 6.07) is 7.20. The number of aliphatic hydroxyl groups is 1. The summed E-state index contributed by atoms with van der Waals surface area (Å²) in [5, 5.41) is 10.7. The predicted octanol–water partition coefficient (Wildman–Crippen LogP) is 4.09. The van der Waals surface area contributed by atoms with Crippen molar-refractivity contribution in [2.24, 2.45) is 0 Å². The van der Waals surface area contributed by atoms with Crippen LogP contribution in [0.15, 0.2) is 39.4 Å². The number of rotatable bonds is 2. The molecular weight excluding hydrogens is 291 g/mol. The minimum Gasteiger partial charge on any atom is -0.465 e. The lowest BCUT2D eigenvalue weighted by Gasteiger charge is -2.10. The minimum absolute atomic E-state index is 0.488. The zero-order valence-electron chi connectivity index (χ0n) is 8.58. The summed E-state index contributed by atoms with van der Waals surface area (Å²) in [6.07, 6.45) is 0.724. The van der Waals surface area contributed by atoms with Crippen molar-refractivity contribution in [1.29, 1.82) is 0 Å². The molecule has 84 valence electrons. The average molecular weight is 302 g/mol. The van der Waals surface area contributed by atoms with E-state index in [4.69, 9.17) is 16.0 Å². The molecule has 0 saturated heterocycles. The van der Waals surface area contributed by atoms with Crippen LogP contribution in [0.5, 0.6) is 0 Å². The quantitative estimate of drug-likeness (QED) is 0.906. The molecule has 2 aromatic rings. The molecule has 1 heterocycles. The van der Waals surface area contributed by atoms with Gasteiger partial charge in [0.2, 0.25) is 0 Å². The van der Waals surface area contributed by atoms with Crippen molar-refractivity contribution in [3.05, 3.63) is 56.9 Å². The van der Waals surface area contributed by atoms with Crippen molar-refractivity contribution in [2.75, 3.05) is 0 Å². The summed E-state index contributed by atoms with van der Waals surface area (Å²) in [4.78, 5) is 0. The summed E-state index contributed by atoms with van der Waals surface area (Å²) in [7, 11) is 0. The summed E-state index contributed by atoms with van der Waals surface area (Å²) in [5.41, 5.74) is 1.73. The van der Waals surface area contributed by atoms with Crippen molar-refractivity contribution in [3.8, 4) is 0 Å². The first kappa shape index (κ1) is 11.7. The molecule has 0 amide bonds. The third kappa shape index (κ3) is 2.32. The molecule has 0 fully saturated rings. The Hall–Kier alpha value is -0.770. The Morgan fingerprint density at radius 3 is 2.69 bits per heavy atom. The van der Waals surface area contributed by atoms with Gasteiger partial charge in [-0.15, -0.1) is 0 Å². The fourth-order valence-corrected chi connectivity index (χ4v) is 2.29. The lowest BCUT2D eigenvalue weighted by atomic mass is 10.1. The Balaban J connectivity index is 2.41. The molecule has 4 heteroatoms. The summed E-state index contributed by atoms with van der Waals surface area (Å²) in [5.74, 6) is 0.488. The van der Waals surface area contributed by atoms with Gasteiger partial charge in [0.25, 0.3) is 0 Å². The third-order valence-electron chi connectivity index (χ3n) is 2.27. The highest BCUT2D eigenvalue weighted by molar-refractivity contribution is 9.10. The van der Waals surface area contributed by atoms with Gasteiger partial charge in [-0.1, -0.05) is 17.7 Å². The second kappa shape index (κ2) is 4.62. The maximum absolute atomic E-state index is 10.1. The van der Waals surface area contributed by atoms with Gasteiger partial charge < -0.3 is 9.52 Å². The van der Waals surface area contributed by atoms with Crippen LogP contribution in [-0.2, 0) is 0 Å². The van der Waals surface area contributed by atoms with Crippen LogP contribution in [0.1, 0.15) is 23.0 Å². The predicted molar refractivity (Wildman–Crippen MR) is 66.7 cm³/mol. The number of hydrogen-bond acceptors (Lipinski definition) is 2. The monoisotopic (exact) mass is 300 g/mol. The molecule has 0 saturated carbocycles. The van der Waals surface area contributed by atoms with Gasteiger partial charge in [-0.25, -0.2) is 0 Å². The third-order valence-corrected chi connectivity index (χ3v) is 3.15. The largest absolute Gasteiger partial charge is 0.465 e. The SMILES string of the molecule is Cc1cc(Cl)cc(C(O)c2occc2Br)c1. The van der Waals surface area contributed by atoms with Crippen LogP contribution in [0.25, 0.3) is 0 Å². The van der Waals surface area contributed by atoms with Gasteiger partial charge in [0, 0.05) is 5.02 Å². The topological polar surface area (TPSA) is 33.4 Å². The maximum atomic E-state index is 10.1. The standard InChI is InChI=1S/C12H10BrClO2/c1-7-4-8(6-9(14)5-7)11(15)12-10(13)2-3-16-12/h2-6,11,15H,1H3. The molecule has 1 unspecified atom stereocenters. The van der Waals surface area contributed by atoms with Gasteiger partial charge in [0.1, 0.15) is 6.10 Å². The molecule has 0 radical (unpaired) electrons. The van der Waals surface area contributed by atoms with Crippen LogP contribution in [0, 0.1) is 6.92 Å². The summed E-state index contributed by atoms with van der Waals surface area (Å²) < 4.78 is 5.97. The van der Waals surface area contributed by atoms with E-state index in [-0.39, 0.29) is 0 Å². The first-order valence-corrected chi connectivity index (χ1v) is 5.93. The molecular formula is C12H10BrClO2. The maximum Gasteiger partial charge on any atom is 0.150 e. The summed E-state index contributed by atoms with van der Waals surface area (Å²) >= 11 is 9.26. The van der Waals surface area contributed by atoms with E-state index in [1.54, 1.807) is 12.1 Å². The van der Waals surface area contributed by atoms with Crippen LogP contribution in [0.3, 0.4) is 0 Å². The first-order chi connectivity index (χ1) is 7.58. The number of hydrogen-bond donors (Lipinski definition) is 1. The molecule has 0 bridgehead atoms. The fourth-order valence-electron chi connectivity index (χ4n) is 1.57. The Labute approximate surface area is 107 Å². The number of aryl methyl sites for hydroxylation is 1. The van der Waals surface area contributed by atoms with E-state index in [0.717, 1.165) is 15.6 Å². The van der Waals surface area contributed by atoms with Gasteiger partial charge >= 0.3 is 0 Å². The number of furan rings is 1. The Bertz CT molecular complexity index is 487. The van der Waals surface area contributed by atoms with E-state index >= 15 is 0 Å². The molecule has 16 heavy (non-hydrogen) atoms. The van der Waals surface area contributed by atoms with Crippen LogP contribution in [0.2, 0.25) is 5.02 Å². The minimum atomic E-state index is -0.804. The average Bonchev–Trinajstić information content (AvgIpc) is 2.62. The second-order valence-corrected chi connectivity index (χ2v) is 4.89. The van der Waals surface area contributed by atoms with E-state index in [0.29, 0.717) is 10.8 Å². The number of halogens is 2. The van der Waals surface area contributed by atoms with Crippen molar-refractivity contribution in [2.45, 2.75) is 13.0 Å². The van der Waals surface area contributed by atoms with Crippen LogP contribution < -0.4 is 0 Å². The van der Waals surface area contributed by atoms with Crippen molar-refractivity contribution < 1.29 is 9.52 Å². The van der Waals surface area contributed by atoms with Gasteiger partial charge in [0.05, 0.1) is 10.7 Å². The zero-order valence-corrected chi connectivity index (χ0v) is 10.9. The molecule has 1 aromatic heterocycles. The van der Waals surface area contributed by atoms with Crippen LogP contribution >= 0.6 is 27.5 Å². The smallest absolute Gasteiger partial charge is 0.150 e. The van der Waals surface area contributed by atoms with E-state index in [9.17, 15) is 5.11 Å². The van der Waals surface area contributed by atoms with Gasteiger partial charge in [-0.2, -0.15) is 0 Å². The highest BCUT2D eigenvalue weighted by Crippen LogP contribution is 2.31. The molecule has 0 spiro atoms.